The molecule has 13 heteroatoms. The Labute approximate surface area is 256 Å². The zero-order chi connectivity index (χ0) is 31.6. The van der Waals surface area contributed by atoms with Crippen molar-refractivity contribution < 1.29 is 27.3 Å². The number of carbonyl (C=O) groups is 1. The van der Waals surface area contributed by atoms with E-state index >= 15 is 0 Å². The van der Waals surface area contributed by atoms with E-state index < -0.39 is 21.6 Å². The van der Waals surface area contributed by atoms with Gasteiger partial charge in [-0.15, -0.1) is 0 Å². The van der Waals surface area contributed by atoms with Gasteiger partial charge in [0.25, 0.3) is 0 Å². The van der Waals surface area contributed by atoms with Crippen LogP contribution in [-0.4, -0.2) is 82.2 Å². The largest absolute Gasteiger partial charge is 0.377 e. The molecule has 0 aliphatic carbocycles. The van der Waals surface area contributed by atoms with Gasteiger partial charge in [-0.1, -0.05) is 12.1 Å². The number of benzene rings is 1. The highest BCUT2D eigenvalue weighted by Crippen LogP contribution is 2.33. The average molecular weight is 629 g/mol. The summed E-state index contributed by atoms with van der Waals surface area (Å²) in [6, 6.07) is 10.6. The van der Waals surface area contributed by atoms with Crippen LogP contribution in [0.2, 0.25) is 0 Å². The number of amides is 1. The number of hydrogen-bond donors (Lipinski definition) is 0. The lowest BCUT2D eigenvalue weighted by molar-refractivity contribution is -0.138. The molecule has 0 N–H and O–H groups in total. The van der Waals surface area contributed by atoms with Crippen LogP contribution in [0, 0.1) is 6.92 Å². The summed E-state index contributed by atoms with van der Waals surface area (Å²) in [7, 11) is -1.67. The van der Waals surface area contributed by atoms with Crippen LogP contribution in [-0.2, 0) is 24.0 Å². The van der Waals surface area contributed by atoms with Crippen LogP contribution >= 0.6 is 0 Å². The van der Waals surface area contributed by atoms with Crippen LogP contribution in [0.5, 0.6) is 0 Å². The summed E-state index contributed by atoms with van der Waals surface area (Å²) < 4.78 is 56.8. The van der Waals surface area contributed by atoms with Gasteiger partial charge in [0.05, 0.1) is 34.7 Å². The Hall–Kier alpha value is -3.55. The number of alkyl halides is 2. The van der Waals surface area contributed by atoms with Crippen LogP contribution in [0.3, 0.4) is 0 Å². The summed E-state index contributed by atoms with van der Waals surface area (Å²) in [5, 5.41) is 4.83. The summed E-state index contributed by atoms with van der Waals surface area (Å²) in [6.45, 7) is 7.00. The van der Waals surface area contributed by atoms with Crippen molar-refractivity contribution >= 4 is 27.2 Å². The zero-order valence-corrected chi connectivity index (χ0v) is 26.4. The SMILES string of the molecule is CN=C(c1ccn(C2CCCCO2)n1)c1nc(N2CCOCC2C)cc(-c2ccc(S(C)(=O)=NC(=O)C(C)(F)F)cc2)c1C. The molecule has 1 aromatic carbocycles. The minimum atomic E-state index is -3.70. The van der Waals surface area contributed by atoms with Crippen molar-refractivity contribution in [2.75, 3.05) is 44.6 Å². The highest BCUT2D eigenvalue weighted by atomic mass is 32.2. The Morgan fingerprint density at radius 2 is 1.91 bits per heavy atom. The number of rotatable bonds is 7. The van der Waals surface area contributed by atoms with Crippen molar-refractivity contribution in [1.82, 2.24) is 14.8 Å². The maximum atomic E-state index is 13.5. The number of halogens is 2. The number of aromatic nitrogens is 3. The highest BCUT2D eigenvalue weighted by Gasteiger charge is 2.33. The third-order valence-electron chi connectivity index (χ3n) is 7.91. The molecule has 2 saturated heterocycles. The number of anilines is 1. The molecule has 236 valence electrons. The Kier molecular flexibility index (Phi) is 9.28. The highest BCUT2D eigenvalue weighted by molar-refractivity contribution is 7.93. The molecule has 3 unspecified atom stereocenters. The van der Waals surface area contributed by atoms with E-state index in [9.17, 15) is 17.8 Å². The monoisotopic (exact) mass is 628 g/mol. The lowest BCUT2D eigenvalue weighted by Crippen LogP contribution is -2.44. The fourth-order valence-corrected chi connectivity index (χ4v) is 6.64. The molecule has 2 fully saturated rings. The van der Waals surface area contributed by atoms with Crippen molar-refractivity contribution in [3.63, 3.8) is 0 Å². The smallest absolute Gasteiger partial charge is 0.324 e. The topological polar surface area (TPSA) is 111 Å². The fourth-order valence-electron chi connectivity index (χ4n) is 5.42. The zero-order valence-electron chi connectivity index (χ0n) is 25.6. The minimum Gasteiger partial charge on any atom is -0.377 e. The summed E-state index contributed by atoms with van der Waals surface area (Å²) in [5.41, 5.74) is 4.48. The van der Waals surface area contributed by atoms with Crippen LogP contribution in [0.1, 0.15) is 56.3 Å². The molecule has 44 heavy (non-hydrogen) atoms. The van der Waals surface area contributed by atoms with Crippen LogP contribution in [0.4, 0.5) is 14.6 Å². The summed E-state index contributed by atoms with van der Waals surface area (Å²) >= 11 is 0. The van der Waals surface area contributed by atoms with Gasteiger partial charge >= 0.3 is 11.8 Å². The lowest BCUT2D eigenvalue weighted by Gasteiger charge is -2.35. The molecule has 3 aromatic rings. The molecular formula is C31H38F2N6O4S. The first-order chi connectivity index (χ1) is 20.9. The maximum Gasteiger partial charge on any atom is 0.324 e. The Balaban J connectivity index is 1.58. The number of morpholine rings is 1. The van der Waals surface area contributed by atoms with Crippen molar-refractivity contribution in [3.8, 4) is 11.1 Å². The van der Waals surface area contributed by atoms with Crippen LogP contribution in [0.25, 0.3) is 11.1 Å². The second-order valence-electron chi connectivity index (χ2n) is 11.3. The molecule has 1 amide bonds. The molecule has 2 aliphatic rings. The van der Waals surface area contributed by atoms with Crippen molar-refractivity contribution in [2.45, 2.75) is 63.1 Å². The van der Waals surface area contributed by atoms with Gasteiger partial charge < -0.3 is 14.4 Å². The first-order valence-electron chi connectivity index (χ1n) is 14.6. The summed E-state index contributed by atoms with van der Waals surface area (Å²) in [6.07, 6.45) is 6.00. The van der Waals surface area contributed by atoms with E-state index in [1.807, 2.05) is 29.9 Å². The third kappa shape index (κ3) is 6.74. The van der Waals surface area contributed by atoms with Crippen molar-refractivity contribution in [1.29, 1.82) is 0 Å². The van der Waals surface area contributed by atoms with E-state index in [4.69, 9.17) is 19.6 Å². The number of hydrogen-bond acceptors (Lipinski definition) is 8. The van der Waals surface area contributed by atoms with E-state index in [0.29, 0.717) is 50.4 Å². The molecular weight excluding hydrogens is 590 g/mol. The van der Waals surface area contributed by atoms with Crippen molar-refractivity contribution in [3.05, 3.63) is 59.5 Å². The molecule has 0 bridgehead atoms. The number of aliphatic imine (C=N–C) groups is 1. The molecule has 2 aromatic heterocycles. The predicted molar refractivity (Wildman–Crippen MR) is 165 cm³/mol. The van der Waals surface area contributed by atoms with Gasteiger partial charge in [0.2, 0.25) is 0 Å². The Morgan fingerprint density at radius 1 is 1.16 bits per heavy atom. The average Bonchev–Trinajstić information content (AvgIpc) is 3.48. The first kappa shape index (κ1) is 31.9. The Morgan fingerprint density at radius 3 is 2.55 bits per heavy atom. The second kappa shape index (κ2) is 12.8. The first-order valence-corrected chi connectivity index (χ1v) is 16.6. The van der Waals surface area contributed by atoms with Gasteiger partial charge in [-0.25, -0.2) is 13.9 Å². The third-order valence-corrected chi connectivity index (χ3v) is 9.57. The van der Waals surface area contributed by atoms with E-state index in [-0.39, 0.29) is 17.2 Å². The van der Waals surface area contributed by atoms with E-state index in [1.165, 1.54) is 6.26 Å². The van der Waals surface area contributed by atoms with Gasteiger partial charge in [0, 0.05) is 44.5 Å². The van der Waals surface area contributed by atoms with E-state index in [2.05, 4.69) is 21.2 Å². The maximum absolute atomic E-state index is 13.5. The number of nitrogens with zero attached hydrogens (tertiary/aromatic N) is 6. The summed E-state index contributed by atoms with van der Waals surface area (Å²) in [4.78, 5) is 23.9. The fraction of sp³-hybridized carbons (Fsp3) is 0.484. The van der Waals surface area contributed by atoms with Gasteiger partial charge in [-0.05, 0) is 74.1 Å². The van der Waals surface area contributed by atoms with Crippen molar-refractivity contribution in [2.24, 2.45) is 9.36 Å². The second-order valence-corrected chi connectivity index (χ2v) is 13.6. The number of ether oxygens (including phenoxy) is 2. The van der Waals surface area contributed by atoms with E-state index in [1.54, 1.807) is 31.3 Å². The molecule has 10 nitrogen and oxygen atoms in total. The molecule has 3 atom stereocenters. The Bertz CT molecular complexity index is 1670. The predicted octanol–water partition coefficient (Wildman–Crippen LogP) is 5.28. The van der Waals surface area contributed by atoms with Crippen LogP contribution in [0.15, 0.2) is 56.8 Å². The molecule has 0 radical (unpaired) electrons. The molecule has 4 heterocycles. The number of carbonyl (C=O) groups excluding carboxylic acids is 1. The summed E-state index contributed by atoms with van der Waals surface area (Å²) in [5.74, 6) is -4.66. The molecule has 0 spiro atoms. The molecule has 0 saturated carbocycles. The van der Waals surface area contributed by atoms with Gasteiger partial charge in [-0.2, -0.15) is 18.2 Å². The standard InChI is InChI=1S/C31H38F2N6O4S/c1-20-19-42-17-15-38(20)26-18-24(22-9-11-23(12-10-22)44(5,41)37-30(40)31(3,32)33)21(2)28(35-26)29(34-4)25-13-14-39(36-25)27-8-6-7-16-43-27/h9-14,18,20,27H,6-8,15-17,19H2,1-5H3. The normalized spacial score (nSPS) is 21.2. The molecule has 5 rings (SSSR count). The minimum absolute atomic E-state index is 0.0901. The van der Waals surface area contributed by atoms with Gasteiger partial charge in [-0.3, -0.25) is 9.79 Å². The quantitative estimate of drug-likeness (QED) is 0.327. The van der Waals surface area contributed by atoms with E-state index in [0.717, 1.165) is 41.8 Å². The lowest BCUT2D eigenvalue weighted by atomic mass is 9.97. The molecule has 2 aliphatic heterocycles. The number of pyridine rings is 1. The van der Waals surface area contributed by atoms with Gasteiger partial charge in [0.15, 0.2) is 0 Å². The van der Waals surface area contributed by atoms with Gasteiger partial charge in [0.1, 0.15) is 23.5 Å². The van der Waals surface area contributed by atoms with Crippen LogP contribution < -0.4 is 4.90 Å².